The van der Waals surface area contributed by atoms with Gasteiger partial charge in [-0.2, -0.15) is 18.2 Å². The van der Waals surface area contributed by atoms with Crippen molar-refractivity contribution in [1.82, 2.24) is 19.9 Å². The minimum Gasteiger partial charge on any atom is -1.00 e. The van der Waals surface area contributed by atoms with E-state index < -0.39 is 35.9 Å². The molecule has 0 atom stereocenters. The molecule has 0 amide bonds. The van der Waals surface area contributed by atoms with Crippen molar-refractivity contribution in [1.29, 1.82) is 0 Å². The number of carbonyl (C=O) groups is 2. The Morgan fingerprint density at radius 3 is 1.19 bits per heavy atom. The number of nitro groups is 2. The van der Waals surface area contributed by atoms with E-state index in [4.69, 9.17) is 35.2 Å². The van der Waals surface area contributed by atoms with Crippen molar-refractivity contribution in [3.05, 3.63) is 291 Å². The van der Waals surface area contributed by atoms with Gasteiger partial charge in [0, 0.05) is 105 Å². The third-order valence-corrected chi connectivity index (χ3v) is 13.8. The Hall–Kier alpha value is -7.38. The van der Waals surface area contributed by atoms with Crippen LogP contribution in [0.5, 0.6) is 17.2 Å². The Labute approximate surface area is 659 Å². The molecule has 0 saturated heterocycles. The fraction of sp³-hybridized carbons (Fsp3) is 0.0159. The number of aromatic hydroxyl groups is 2. The number of hydrogen-bond donors (Lipinski definition) is 4. The number of fused-ring (bicyclic) bond motifs is 6. The first-order valence-electron chi connectivity index (χ1n) is 25.9. The summed E-state index contributed by atoms with van der Waals surface area (Å²) in [7, 11) is -7.49. The zero-order chi connectivity index (χ0) is 66.0. The van der Waals surface area contributed by atoms with Gasteiger partial charge in [0.15, 0.2) is 0 Å². The van der Waals surface area contributed by atoms with Crippen LogP contribution in [-0.4, -0.2) is 87.1 Å². The average molecular weight is 1560 g/mol. The van der Waals surface area contributed by atoms with E-state index in [-0.39, 0.29) is 190 Å². The van der Waals surface area contributed by atoms with Gasteiger partial charge in [0.2, 0.25) is 0 Å². The number of phenols is 2. The summed E-state index contributed by atoms with van der Waals surface area (Å²) in [4.78, 5) is 56.7. The summed E-state index contributed by atoms with van der Waals surface area (Å²) < 4.78 is 63.4. The van der Waals surface area contributed by atoms with Gasteiger partial charge in [-0.1, -0.05) is 84.9 Å². The number of benzene rings is 8. The van der Waals surface area contributed by atoms with Crippen LogP contribution in [0.15, 0.2) is 265 Å². The number of pyridine rings is 4. The Morgan fingerprint density at radius 2 is 0.895 bits per heavy atom. The van der Waals surface area contributed by atoms with Crippen molar-refractivity contribution in [2.75, 3.05) is 0 Å². The summed E-state index contributed by atoms with van der Waals surface area (Å²) in [5.74, 6) is 0.115. The largest absolute Gasteiger partial charge is 2.00 e. The Bertz CT molecular complexity index is 4230. The van der Waals surface area contributed by atoms with Gasteiger partial charge in [0.25, 0.3) is 23.8 Å². The molecule has 12 aromatic rings. The number of sulfonamides is 2. The van der Waals surface area contributed by atoms with Crippen LogP contribution < -0.4 is 113 Å². The molecule has 0 bridgehead atoms. The molecule has 12 rings (SSSR count). The van der Waals surface area contributed by atoms with Gasteiger partial charge in [-0.05, 0) is 106 Å². The third-order valence-electron chi connectivity index (χ3n) is 11.2. The monoisotopic (exact) mass is 1560 g/mol. The van der Waals surface area contributed by atoms with E-state index in [1.807, 2.05) is 97.1 Å². The first-order chi connectivity index (χ1) is 43.8. The number of rotatable bonds is 11. The number of carboxylic acids is 1. The maximum absolute atomic E-state index is 12.7. The second kappa shape index (κ2) is 45.9. The molecule has 8 aromatic carbocycles. The number of aliphatic carboxylic acids is 1. The van der Waals surface area contributed by atoms with Crippen molar-refractivity contribution in [2.45, 2.75) is 16.7 Å². The van der Waals surface area contributed by atoms with E-state index in [1.54, 1.807) is 97.8 Å². The predicted molar refractivity (Wildman–Crippen MR) is 339 cm³/mol. The summed E-state index contributed by atoms with van der Waals surface area (Å²) >= 11 is 0. The molecule has 32 heteroatoms. The van der Waals surface area contributed by atoms with E-state index in [2.05, 4.69) is 45.0 Å². The van der Waals surface area contributed by atoms with Gasteiger partial charge in [0.1, 0.15) is 31.5 Å². The molecule has 0 aliphatic heterocycles. The van der Waals surface area contributed by atoms with Gasteiger partial charge in [-0.3, -0.25) is 49.8 Å². The van der Waals surface area contributed by atoms with E-state index in [9.17, 15) is 37.1 Å². The Morgan fingerprint density at radius 1 is 0.547 bits per heavy atom. The first-order valence-corrected chi connectivity index (χ1v) is 28.8. The van der Waals surface area contributed by atoms with Gasteiger partial charge < -0.3 is 46.0 Å². The maximum Gasteiger partial charge on any atom is 2.00 e. The third kappa shape index (κ3) is 29.7. The van der Waals surface area contributed by atoms with Crippen molar-refractivity contribution in [2.24, 2.45) is 0 Å². The smallest absolute Gasteiger partial charge is 1.00 e. The number of nitrogens with zero attached hydrogens (tertiary/aromatic N) is 8. The van der Waals surface area contributed by atoms with Crippen LogP contribution in [0, 0.1) is 26.3 Å². The molecule has 483 valence electrons. The van der Waals surface area contributed by atoms with Crippen molar-refractivity contribution in [3.8, 4) is 17.2 Å². The molecular weight excluding hydrogens is 1510 g/mol. The molecule has 1 radical (unpaired) electrons. The Kier molecular flexibility index (Phi) is 41.4. The standard InChI is InChI=1S/2C19H12N3O4S.C6H6BO3.C6H5O.2C5H5N.C2H4O2.CH2O3.2K.2Pd.H/c2*23-22(24)15-8-10-16(11-9-15)27(25,26)21-17-5-1-3-13-6-7-14-4-2-12-20-19(14)18(13)17;8-5-1-3-6(4-2-5)10-7-9;7-6-4-2-1-3-5-6;2*1-2-4-6-5-3-1;1-2(3)4;2-1-4-3;;;;;/h2*1-12H;1-4,8-9H;2-5,7H;2*1-5H;1H3,(H,3,4);1,3H;;;;;/q2*-1;;-1;;;;;2*+1;;+2;-1/p-1. The minimum atomic E-state index is -4.04. The van der Waals surface area contributed by atoms with E-state index in [1.165, 1.54) is 36.4 Å². The van der Waals surface area contributed by atoms with Crippen LogP contribution in [0.25, 0.3) is 52.8 Å². The molecule has 0 unspecified atom stereocenters. The fourth-order valence-corrected chi connectivity index (χ4v) is 9.37. The molecule has 0 saturated carbocycles. The van der Waals surface area contributed by atoms with Crippen molar-refractivity contribution >= 4 is 106 Å². The van der Waals surface area contributed by atoms with E-state index >= 15 is 0 Å². The molecule has 0 spiro atoms. The van der Waals surface area contributed by atoms with E-state index in [0.717, 1.165) is 52.7 Å². The SMILES string of the molecule is CC(=O)O.O=CO[O-].O=[N+]([O-])c1ccc(S(=O)(=O)[N-]c2cccc3ccc4cccnc4c23)cc1.O=[N+]([O-])c1ccc(S(=O)(=O)[N-]c2cccc3ccc4cccnc4c23)cc1.O[B]Oc1ccc(O)cc1.Oc1cc[c-]cc1.[H-].[K+].[K+].[Pd+2].[Pd].c1ccncc1.c1ccncc1. The number of nitro benzene ring substituents is 2. The number of carbonyl (C=O) groups excluding carboxylic acids is 1. The normalized spacial score (nSPS) is 9.63. The van der Waals surface area contributed by atoms with Gasteiger partial charge >= 0.3 is 131 Å². The number of carboxylic acid groups (broad SMARTS) is 1. The Balaban J connectivity index is 0.00000120. The van der Waals surface area contributed by atoms with Crippen LogP contribution in [0.2, 0.25) is 0 Å². The summed E-state index contributed by atoms with van der Waals surface area (Å²) in [6.07, 6.45) is 10.3. The van der Waals surface area contributed by atoms with Crippen LogP contribution >= 0.6 is 0 Å². The molecule has 4 heterocycles. The number of non-ortho nitro benzene ring substituents is 2. The van der Waals surface area contributed by atoms with Crippen molar-refractivity contribution < 1.29 is 216 Å². The zero-order valence-electron chi connectivity index (χ0n) is 51.0. The number of hydrogen-bond acceptors (Lipinski definition) is 20. The molecule has 0 aliphatic carbocycles. The predicted octanol–water partition coefficient (Wildman–Crippen LogP) is 5.67. The summed E-state index contributed by atoms with van der Waals surface area (Å²) in [5.41, 5.74) is 1.50. The molecule has 0 aliphatic rings. The molecule has 25 nitrogen and oxygen atoms in total. The quantitative estimate of drug-likeness (QED) is 0.0230. The van der Waals surface area contributed by atoms with Crippen LogP contribution in [0.4, 0.5) is 22.7 Å². The zero-order valence-corrected chi connectivity index (χ0v) is 61.0. The number of aromatic nitrogens is 4. The molecule has 4 N–H and O–H groups in total. The molecule has 0 fully saturated rings. The summed E-state index contributed by atoms with van der Waals surface area (Å²) in [6, 6.07) is 61.4. The molecular formula is C63H51BK2N8O17Pd2S2-. The maximum atomic E-state index is 12.7. The summed E-state index contributed by atoms with van der Waals surface area (Å²) in [6.45, 7) is 0.903. The van der Waals surface area contributed by atoms with Gasteiger partial charge in [-0.15, -0.1) is 23.5 Å². The second-order valence-electron chi connectivity index (χ2n) is 17.4. The molecule has 4 aromatic heterocycles. The fourth-order valence-electron chi connectivity index (χ4n) is 7.38. The first kappa shape index (κ1) is 85.6. The summed E-state index contributed by atoms with van der Waals surface area (Å²) in [5, 5.41) is 67.6. The van der Waals surface area contributed by atoms with Crippen molar-refractivity contribution in [3.63, 3.8) is 0 Å². The molecule has 95 heavy (non-hydrogen) atoms. The second-order valence-corrected chi connectivity index (χ2v) is 20.6. The van der Waals surface area contributed by atoms with Crippen LogP contribution in [-0.2, 0) is 75.4 Å². The van der Waals surface area contributed by atoms with E-state index in [0.29, 0.717) is 41.0 Å². The van der Waals surface area contributed by atoms with Crippen LogP contribution in [0.3, 0.4) is 0 Å². The topological polar surface area (TPSA) is 391 Å². The van der Waals surface area contributed by atoms with Crippen LogP contribution in [0.1, 0.15) is 8.35 Å². The number of phenolic OH excluding ortho intramolecular Hbond substituents is 2. The average Bonchev–Trinajstić information content (AvgIpc) is 0.787. The van der Waals surface area contributed by atoms with Gasteiger partial charge in [0.05, 0.1) is 30.7 Å². The minimum absolute atomic E-state index is 0. The van der Waals surface area contributed by atoms with Gasteiger partial charge in [-0.25, -0.2) is 16.8 Å².